The average Bonchev–Trinajstić information content (AvgIpc) is 2.24. The SMILES string of the molecule is NC(=O)N1CCC(NCC2(O)CCC2)CC1. The average molecular weight is 227 g/mol. The van der Waals surface area contributed by atoms with Gasteiger partial charge >= 0.3 is 6.03 Å². The smallest absolute Gasteiger partial charge is 0.314 e. The first-order valence-corrected chi connectivity index (χ1v) is 6.09. The second kappa shape index (κ2) is 4.59. The lowest BCUT2D eigenvalue weighted by atomic mass is 9.80. The van der Waals surface area contributed by atoms with Crippen molar-refractivity contribution in [2.24, 2.45) is 5.73 Å². The number of nitrogens with zero attached hydrogens (tertiary/aromatic N) is 1. The molecule has 0 aromatic carbocycles. The number of hydrogen-bond acceptors (Lipinski definition) is 3. The lowest BCUT2D eigenvalue weighted by Crippen LogP contribution is -2.52. The third kappa shape index (κ3) is 2.65. The fourth-order valence-corrected chi connectivity index (χ4v) is 2.40. The first-order chi connectivity index (χ1) is 7.59. The van der Waals surface area contributed by atoms with E-state index in [1.54, 1.807) is 4.90 Å². The van der Waals surface area contributed by atoms with Crippen molar-refractivity contribution >= 4 is 6.03 Å². The van der Waals surface area contributed by atoms with E-state index >= 15 is 0 Å². The molecule has 0 spiro atoms. The Kier molecular flexibility index (Phi) is 3.35. The number of hydrogen-bond donors (Lipinski definition) is 3. The van der Waals surface area contributed by atoms with Crippen LogP contribution in [0.3, 0.4) is 0 Å². The summed E-state index contributed by atoms with van der Waals surface area (Å²) in [5.74, 6) is 0. The van der Waals surface area contributed by atoms with Crippen LogP contribution in [0.2, 0.25) is 0 Å². The van der Waals surface area contributed by atoms with Crippen molar-refractivity contribution < 1.29 is 9.90 Å². The predicted octanol–water partition coefficient (Wildman–Crippen LogP) is 0.0341. The summed E-state index contributed by atoms with van der Waals surface area (Å²) in [6, 6.07) is 0.0938. The first-order valence-electron chi connectivity index (χ1n) is 6.09. The number of urea groups is 1. The van der Waals surface area contributed by atoms with Crippen LogP contribution in [0.4, 0.5) is 4.79 Å². The molecule has 5 heteroatoms. The van der Waals surface area contributed by atoms with Gasteiger partial charge < -0.3 is 21.1 Å². The Morgan fingerprint density at radius 2 is 2.06 bits per heavy atom. The fraction of sp³-hybridized carbons (Fsp3) is 0.909. The molecule has 16 heavy (non-hydrogen) atoms. The molecule has 2 rings (SSSR count). The van der Waals surface area contributed by atoms with E-state index in [-0.39, 0.29) is 6.03 Å². The van der Waals surface area contributed by atoms with E-state index in [1.807, 2.05) is 0 Å². The third-order valence-electron chi connectivity index (χ3n) is 3.81. The van der Waals surface area contributed by atoms with Gasteiger partial charge in [-0.15, -0.1) is 0 Å². The summed E-state index contributed by atoms with van der Waals surface area (Å²) in [7, 11) is 0. The molecule has 5 nitrogen and oxygen atoms in total. The van der Waals surface area contributed by atoms with Crippen LogP contribution in [0.25, 0.3) is 0 Å². The molecule has 0 aromatic heterocycles. The van der Waals surface area contributed by atoms with Crippen LogP contribution in [0.15, 0.2) is 0 Å². The predicted molar refractivity (Wildman–Crippen MR) is 61.0 cm³/mol. The normalized spacial score (nSPS) is 25.2. The van der Waals surface area contributed by atoms with E-state index in [0.717, 1.165) is 45.2 Å². The van der Waals surface area contributed by atoms with Gasteiger partial charge in [-0.2, -0.15) is 0 Å². The van der Waals surface area contributed by atoms with E-state index in [4.69, 9.17) is 5.73 Å². The summed E-state index contributed by atoms with van der Waals surface area (Å²) in [5.41, 5.74) is 4.76. The van der Waals surface area contributed by atoms with Crippen LogP contribution in [0.5, 0.6) is 0 Å². The minimum absolute atomic E-state index is 0.323. The monoisotopic (exact) mass is 227 g/mol. The number of amides is 2. The van der Waals surface area contributed by atoms with Gasteiger partial charge in [0, 0.05) is 25.7 Å². The lowest BCUT2D eigenvalue weighted by molar-refractivity contribution is -0.0343. The second-order valence-electron chi connectivity index (χ2n) is 5.06. The maximum absolute atomic E-state index is 10.9. The van der Waals surface area contributed by atoms with Gasteiger partial charge in [0.2, 0.25) is 0 Å². The fourth-order valence-electron chi connectivity index (χ4n) is 2.40. The van der Waals surface area contributed by atoms with Crippen molar-refractivity contribution in [1.29, 1.82) is 0 Å². The van der Waals surface area contributed by atoms with Crippen LogP contribution >= 0.6 is 0 Å². The Labute approximate surface area is 96.0 Å². The Morgan fingerprint density at radius 3 is 2.50 bits per heavy atom. The van der Waals surface area contributed by atoms with Crippen LogP contribution in [0, 0.1) is 0 Å². The second-order valence-corrected chi connectivity index (χ2v) is 5.06. The van der Waals surface area contributed by atoms with Gasteiger partial charge in [0.05, 0.1) is 5.60 Å². The molecule has 2 aliphatic rings. The zero-order chi connectivity index (χ0) is 11.6. The van der Waals surface area contributed by atoms with Crippen LogP contribution < -0.4 is 11.1 Å². The lowest BCUT2D eigenvalue weighted by Gasteiger charge is -2.39. The summed E-state index contributed by atoms with van der Waals surface area (Å²) in [6.45, 7) is 2.14. The summed E-state index contributed by atoms with van der Waals surface area (Å²) in [5, 5.41) is 13.3. The molecule has 1 saturated heterocycles. The molecule has 1 heterocycles. The first kappa shape index (κ1) is 11.7. The number of nitrogens with two attached hydrogens (primary N) is 1. The van der Waals surface area contributed by atoms with Gasteiger partial charge in [0.1, 0.15) is 0 Å². The van der Waals surface area contributed by atoms with Crippen molar-refractivity contribution in [2.45, 2.75) is 43.7 Å². The number of primary amides is 1. The maximum atomic E-state index is 10.9. The zero-order valence-electron chi connectivity index (χ0n) is 9.61. The van der Waals surface area contributed by atoms with Gasteiger partial charge in [-0.3, -0.25) is 0 Å². The van der Waals surface area contributed by atoms with Crippen molar-refractivity contribution in [3.8, 4) is 0 Å². The number of carbonyl (C=O) groups is 1. The highest BCUT2D eigenvalue weighted by atomic mass is 16.3. The number of rotatable bonds is 3. The van der Waals surface area contributed by atoms with Crippen molar-refractivity contribution in [3.63, 3.8) is 0 Å². The number of nitrogens with one attached hydrogen (secondary N) is 1. The summed E-state index contributed by atoms with van der Waals surface area (Å²) >= 11 is 0. The Bertz CT molecular complexity index is 258. The highest BCUT2D eigenvalue weighted by molar-refractivity contribution is 5.72. The van der Waals surface area contributed by atoms with Gasteiger partial charge in [-0.1, -0.05) is 0 Å². The van der Waals surface area contributed by atoms with E-state index in [2.05, 4.69) is 5.32 Å². The molecule has 1 aliphatic carbocycles. The molecule has 0 radical (unpaired) electrons. The van der Waals surface area contributed by atoms with Crippen molar-refractivity contribution in [2.75, 3.05) is 19.6 Å². The molecule has 1 aliphatic heterocycles. The number of aliphatic hydroxyl groups is 1. The third-order valence-corrected chi connectivity index (χ3v) is 3.81. The molecule has 2 fully saturated rings. The zero-order valence-corrected chi connectivity index (χ0v) is 9.61. The molecule has 92 valence electrons. The largest absolute Gasteiger partial charge is 0.389 e. The molecule has 4 N–H and O–H groups in total. The highest BCUT2D eigenvalue weighted by Gasteiger charge is 2.34. The van der Waals surface area contributed by atoms with E-state index in [1.165, 1.54) is 0 Å². The van der Waals surface area contributed by atoms with Crippen LogP contribution in [0.1, 0.15) is 32.1 Å². The highest BCUT2D eigenvalue weighted by Crippen LogP contribution is 2.30. The number of likely N-dealkylation sites (tertiary alicyclic amines) is 1. The number of carbonyl (C=O) groups excluding carboxylic acids is 1. The molecule has 1 saturated carbocycles. The van der Waals surface area contributed by atoms with Crippen molar-refractivity contribution in [3.05, 3.63) is 0 Å². The number of piperidine rings is 1. The summed E-state index contributed by atoms with van der Waals surface area (Å²) in [6.07, 6.45) is 4.83. The molecule has 0 atom stereocenters. The summed E-state index contributed by atoms with van der Waals surface area (Å²) in [4.78, 5) is 12.6. The van der Waals surface area contributed by atoms with Crippen molar-refractivity contribution in [1.82, 2.24) is 10.2 Å². The molecule has 0 bridgehead atoms. The van der Waals surface area contributed by atoms with Gasteiger partial charge in [-0.25, -0.2) is 4.79 Å². The minimum Gasteiger partial charge on any atom is -0.389 e. The van der Waals surface area contributed by atoms with E-state index < -0.39 is 5.60 Å². The van der Waals surface area contributed by atoms with E-state index in [0.29, 0.717) is 12.6 Å². The maximum Gasteiger partial charge on any atom is 0.314 e. The van der Waals surface area contributed by atoms with Crippen LogP contribution in [-0.4, -0.2) is 47.3 Å². The Morgan fingerprint density at radius 1 is 1.44 bits per heavy atom. The Hall–Kier alpha value is -0.810. The standard InChI is InChI=1S/C11H21N3O2/c12-10(15)14-6-2-9(3-7-14)13-8-11(16)4-1-5-11/h9,13,16H,1-8H2,(H2,12,15). The minimum atomic E-state index is -0.458. The topological polar surface area (TPSA) is 78.6 Å². The Balaban J connectivity index is 1.67. The molecule has 0 aromatic rings. The molecule has 0 unspecified atom stereocenters. The van der Waals surface area contributed by atoms with Gasteiger partial charge in [-0.05, 0) is 32.1 Å². The molecular formula is C11H21N3O2. The quantitative estimate of drug-likeness (QED) is 0.636. The molecular weight excluding hydrogens is 206 g/mol. The summed E-state index contributed by atoms with van der Waals surface area (Å²) < 4.78 is 0. The van der Waals surface area contributed by atoms with Crippen LogP contribution in [-0.2, 0) is 0 Å². The van der Waals surface area contributed by atoms with Gasteiger partial charge in [0.15, 0.2) is 0 Å². The van der Waals surface area contributed by atoms with Gasteiger partial charge in [0.25, 0.3) is 0 Å². The van der Waals surface area contributed by atoms with E-state index in [9.17, 15) is 9.90 Å². The molecule has 2 amide bonds.